The van der Waals surface area contributed by atoms with Crippen molar-refractivity contribution in [1.82, 2.24) is 0 Å². The molecule has 0 aromatic heterocycles. The van der Waals surface area contributed by atoms with E-state index < -0.39 is 0 Å². The molecule has 2 N–H and O–H groups in total. The zero-order chi connectivity index (χ0) is 14.5. The van der Waals surface area contributed by atoms with E-state index in [1.807, 2.05) is 0 Å². The molecule has 0 saturated carbocycles. The molecular formula is C18H22BrN. The predicted molar refractivity (Wildman–Crippen MR) is 90.0 cm³/mol. The van der Waals surface area contributed by atoms with E-state index in [4.69, 9.17) is 5.73 Å². The molecular weight excluding hydrogens is 310 g/mol. The minimum atomic E-state index is 0.498. The summed E-state index contributed by atoms with van der Waals surface area (Å²) in [5.41, 5.74) is 11.4. The van der Waals surface area contributed by atoms with E-state index in [-0.39, 0.29) is 0 Å². The molecule has 0 heterocycles. The molecule has 2 heteroatoms. The molecule has 1 unspecified atom stereocenters. The standard InChI is InChI=1S/C18H22BrN/c1-13-7-14(2)9-16(8-13)11-17(12-20)10-15-3-5-18(19)6-4-15/h3-9,17H,10-12,20H2,1-2H3. The van der Waals surface area contributed by atoms with Crippen molar-refractivity contribution in [1.29, 1.82) is 0 Å². The van der Waals surface area contributed by atoms with Gasteiger partial charge in [-0.2, -0.15) is 0 Å². The first-order chi connectivity index (χ1) is 9.56. The third-order valence-corrected chi connectivity index (χ3v) is 4.11. The minimum absolute atomic E-state index is 0.498. The lowest BCUT2D eigenvalue weighted by Gasteiger charge is -2.16. The minimum Gasteiger partial charge on any atom is -0.330 e. The van der Waals surface area contributed by atoms with Gasteiger partial charge in [0.1, 0.15) is 0 Å². The Morgan fingerprint density at radius 2 is 1.45 bits per heavy atom. The summed E-state index contributed by atoms with van der Waals surface area (Å²) in [6.45, 7) is 5.04. The van der Waals surface area contributed by atoms with Crippen LogP contribution in [-0.4, -0.2) is 6.54 Å². The summed E-state index contributed by atoms with van der Waals surface area (Å²) in [6.07, 6.45) is 2.09. The number of hydrogen-bond donors (Lipinski definition) is 1. The average molecular weight is 332 g/mol. The Labute approximate surface area is 130 Å². The van der Waals surface area contributed by atoms with Gasteiger partial charge in [-0.25, -0.2) is 0 Å². The number of benzene rings is 2. The Hall–Kier alpha value is -1.12. The molecule has 2 rings (SSSR count). The highest BCUT2D eigenvalue weighted by Crippen LogP contribution is 2.18. The summed E-state index contributed by atoms with van der Waals surface area (Å²) in [4.78, 5) is 0. The van der Waals surface area contributed by atoms with Gasteiger partial charge >= 0.3 is 0 Å². The van der Waals surface area contributed by atoms with Crippen molar-refractivity contribution in [3.8, 4) is 0 Å². The largest absolute Gasteiger partial charge is 0.330 e. The molecule has 1 atom stereocenters. The highest BCUT2D eigenvalue weighted by atomic mass is 79.9. The molecule has 0 aliphatic heterocycles. The molecule has 0 bridgehead atoms. The van der Waals surface area contributed by atoms with Gasteiger partial charge in [0.05, 0.1) is 0 Å². The van der Waals surface area contributed by atoms with Crippen molar-refractivity contribution in [3.05, 3.63) is 69.2 Å². The van der Waals surface area contributed by atoms with Crippen molar-refractivity contribution in [2.75, 3.05) is 6.54 Å². The van der Waals surface area contributed by atoms with Crippen LogP contribution in [0.5, 0.6) is 0 Å². The lowest BCUT2D eigenvalue weighted by atomic mass is 9.91. The maximum absolute atomic E-state index is 5.97. The Morgan fingerprint density at radius 3 is 2.00 bits per heavy atom. The number of hydrogen-bond acceptors (Lipinski definition) is 1. The third-order valence-electron chi connectivity index (χ3n) is 3.58. The van der Waals surface area contributed by atoms with Gasteiger partial charge in [0.25, 0.3) is 0 Å². The Balaban J connectivity index is 2.06. The number of aryl methyl sites for hydroxylation is 2. The van der Waals surface area contributed by atoms with Gasteiger partial charge in [-0.15, -0.1) is 0 Å². The highest BCUT2D eigenvalue weighted by molar-refractivity contribution is 9.10. The fourth-order valence-electron chi connectivity index (χ4n) is 2.71. The van der Waals surface area contributed by atoms with Crippen LogP contribution in [0.3, 0.4) is 0 Å². The Morgan fingerprint density at radius 1 is 0.900 bits per heavy atom. The molecule has 0 amide bonds. The molecule has 0 aliphatic carbocycles. The van der Waals surface area contributed by atoms with Crippen LogP contribution in [0.4, 0.5) is 0 Å². The van der Waals surface area contributed by atoms with Crippen molar-refractivity contribution in [2.24, 2.45) is 11.7 Å². The lowest BCUT2D eigenvalue weighted by Crippen LogP contribution is -2.19. The first kappa shape index (κ1) is 15.3. The van der Waals surface area contributed by atoms with Gasteiger partial charge in [0.15, 0.2) is 0 Å². The molecule has 0 saturated heterocycles. The second-order valence-electron chi connectivity index (χ2n) is 5.63. The van der Waals surface area contributed by atoms with Crippen LogP contribution in [0.25, 0.3) is 0 Å². The van der Waals surface area contributed by atoms with E-state index in [2.05, 4.69) is 72.2 Å². The lowest BCUT2D eigenvalue weighted by molar-refractivity contribution is 0.533. The van der Waals surface area contributed by atoms with Crippen LogP contribution in [0.15, 0.2) is 46.9 Å². The summed E-state index contributed by atoms with van der Waals surface area (Å²) >= 11 is 3.47. The maximum atomic E-state index is 5.97. The second-order valence-corrected chi connectivity index (χ2v) is 6.55. The van der Waals surface area contributed by atoms with Gasteiger partial charge in [-0.3, -0.25) is 0 Å². The normalized spacial score (nSPS) is 12.4. The zero-order valence-corrected chi connectivity index (χ0v) is 13.8. The van der Waals surface area contributed by atoms with Crippen LogP contribution < -0.4 is 5.73 Å². The molecule has 106 valence electrons. The maximum Gasteiger partial charge on any atom is 0.0175 e. The van der Waals surface area contributed by atoms with Gasteiger partial charge in [-0.05, 0) is 62.4 Å². The van der Waals surface area contributed by atoms with E-state index in [9.17, 15) is 0 Å². The fraction of sp³-hybridized carbons (Fsp3) is 0.333. The van der Waals surface area contributed by atoms with E-state index in [0.717, 1.165) is 23.9 Å². The summed E-state index contributed by atoms with van der Waals surface area (Å²) in [5, 5.41) is 0. The molecule has 20 heavy (non-hydrogen) atoms. The van der Waals surface area contributed by atoms with Crippen molar-refractivity contribution < 1.29 is 0 Å². The van der Waals surface area contributed by atoms with Crippen LogP contribution >= 0.6 is 15.9 Å². The van der Waals surface area contributed by atoms with Gasteiger partial charge in [0, 0.05) is 4.47 Å². The first-order valence-corrected chi connectivity index (χ1v) is 7.88. The van der Waals surface area contributed by atoms with Crippen molar-refractivity contribution >= 4 is 15.9 Å². The zero-order valence-electron chi connectivity index (χ0n) is 12.2. The monoisotopic (exact) mass is 331 g/mol. The van der Waals surface area contributed by atoms with Crippen LogP contribution in [0.1, 0.15) is 22.3 Å². The second kappa shape index (κ2) is 7.05. The van der Waals surface area contributed by atoms with Gasteiger partial charge < -0.3 is 5.73 Å². The summed E-state index contributed by atoms with van der Waals surface area (Å²) in [6, 6.07) is 15.3. The third kappa shape index (κ3) is 4.46. The van der Waals surface area contributed by atoms with Crippen LogP contribution in [-0.2, 0) is 12.8 Å². The molecule has 2 aromatic rings. The van der Waals surface area contributed by atoms with Crippen LogP contribution in [0.2, 0.25) is 0 Å². The smallest absolute Gasteiger partial charge is 0.0175 e. The van der Waals surface area contributed by atoms with E-state index in [0.29, 0.717) is 5.92 Å². The van der Waals surface area contributed by atoms with E-state index >= 15 is 0 Å². The Kier molecular flexibility index (Phi) is 5.38. The molecule has 0 fully saturated rings. The van der Waals surface area contributed by atoms with Crippen molar-refractivity contribution in [3.63, 3.8) is 0 Å². The predicted octanol–water partition coefficient (Wildman–Crippen LogP) is 4.43. The van der Waals surface area contributed by atoms with Gasteiger partial charge in [0.2, 0.25) is 0 Å². The van der Waals surface area contributed by atoms with E-state index in [1.165, 1.54) is 22.3 Å². The molecule has 2 aromatic carbocycles. The topological polar surface area (TPSA) is 26.0 Å². The SMILES string of the molecule is Cc1cc(C)cc(CC(CN)Cc2ccc(Br)cc2)c1. The van der Waals surface area contributed by atoms with Crippen LogP contribution in [0, 0.1) is 19.8 Å². The number of nitrogens with two attached hydrogens (primary N) is 1. The molecule has 1 nitrogen and oxygen atoms in total. The summed E-state index contributed by atoms with van der Waals surface area (Å²) in [5.74, 6) is 0.498. The fourth-order valence-corrected chi connectivity index (χ4v) is 2.98. The Bertz CT molecular complexity index is 540. The summed E-state index contributed by atoms with van der Waals surface area (Å²) < 4.78 is 1.12. The average Bonchev–Trinajstić information content (AvgIpc) is 2.39. The summed E-state index contributed by atoms with van der Waals surface area (Å²) in [7, 11) is 0. The number of halogens is 1. The molecule has 0 spiro atoms. The highest BCUT2D eigenvalue weighted by Gasteiger charge is 2.10. The quantitative estimate of drug-likeness (QED) is 0.861. The molecule has 0 aliphatic rings. The van der Waals surface area contributed by atoms with Gasteiger partial charge in [-0.1, -0.05) is 57.4 Å². The molecule has 0 radical (unpaired) electrons. The van der Waals surface area contributed by atoms with E-state index in [1.54, 1.807) is 0 Å². The van der Waals surface area contributed by atoms with Crippen molar-refractivity contribution in [2.45, 2.75) is 26.7 Å². The number of rotatable bonds is 5. The first-order valence-electron chi connectivity index (χ1n) is 7.08.